The topological polar surface area (TPSA) is 65.4 Å². The third-order valence-corrected chi connectivity index (χ3v) is 5.07. The lowest BCUT2D eigenvalue weighted by atomic mass is 10.2. The fraction of sp³-hybridized carbons (Fsp3) is 0.273. The SMILES string of the molecule is C=CCn1c(SCC(=O)Nc2ccc(OCC)c(OCC)c2)nc2ccccc21. The standard InChI is InChI=1S/C22H25N3O3S/c1-4-13-25-18-10-8-7-9-17(18)24-22(25)29-15-21(26)23-16-11-12-19(27-5-2)20(14-16)28-6-3/h4,7-12,14H,1,5-6,13,15H2,2-3H3,(H,23,26). The molecule has 0 unspecified atom stereocenters. The van der Waals surface area contributed by atoms with Gasteiger partial charge in [0, 0.05) is 18.3 Å². The van der Waals surface area contributed by atoms with Crippen LogP contribution in [0.1, 0.15) is 13.8 Å². The summed E-state index contributed by atoms with van der Waals surface area (Å²) >= 11 is 1.40. The highest BCUT2D eigenvalue weighted by Crippen LogP contribution is 2.31. The predicted molar refractivity (Wildman–Crippen MR) is 118 cm³/mol. The number of benzene rings is 2. The molecule has 0 fully saturated rings. The van der Waals surface area contributed by atoms with Crippen molar-refractivity contribution in [3.63, 3.8) is 0 Å². The molecule has 1 N–H and O–H groups in total. The van der Waals surface area contributed by atoms with Gasteiger partial charge >= 0.3 is 0 Å². The average molecular weight is 412 g/mol. The summed E-state index contributed by atoms with van der Waals surface area (Å²) in [6.07, 6.45) is 1.83. The van der Waals surface area contributed by atoms with Crippen LogP contribution >= 0.6 is 11.8 Å². The number of hydrogen-bond donors (Lipinski definition) is 1. The maximum Gasteiger partial charge on any atom is 0.234 e. The third-order valence-electron chi connectivity index (χ3n) is 4.09. The molecule has 1 heterocycles. The van der Waals surface area contributed by atoms with Crippen molar-refractivity contribution < 1.29 is 14.3 Å². The normalized spacial score (nSPS) is 10.7. The number of nitrogens with one attached hydrogen (secondary N) is 1. The minimum absolute atomic E-state index is 0.112. The molecule has 152 valence electrons. The number of aromatic nitrogens is 2. The van der Waals surface area contributed by atoms with Crippen LogP contribution in [0.15, 0.2) is 60.3 Å². The van der Waals surface area contributed by atoms with E-state index in [2.05, 4.69) is 21.4 Å². The molecule has 2 aromatic carbocycles. The molecule has 1 amide bonds. The first-order valence-corrected chi connectivity index (χ1v) is 10.5. The van der Waals surface area contributed by atoms with E-state index in [1.807, 2.05) is 50.3 Å². The van der Waals surface area contributed by atoms with Crippen LogP contribution in [0.2, 0.25) is 0 Å². The van der Waals surface area contributed by atoms with Crippen LogP contribution in [0.25, 0.3) is 11.0 Å². The lowest BCUT2D eigenvalue weighted by molar-refractivity contribution is -0.113. The molecule has 1 aromatic heterocycles. The average Bonchev–Trinajstić information content (AvgIpc) is 3.07. The number of rotatable bonds is 10. The fourth-order valence-corrected chi connectivity index (χ4v) is 3.75. The number of carbonyl (C=O) groups excluding carboxylic acids is 1. The molecule has 0 radical (unpaired) electrons. The summed E-state index contributed by atoms with van der Waals surface area (Å²) in [7, 11) is 0. The Kier molecular flexibility index (Phi) is 7.19. The number of hydrogen-bond acceptors (Lipinski definition) is 5. The first-order valence-electron chi connectivity index (χ1n) is 9.54. The molecule has 0 aliphatic rings. The van der Waals surface area contributed by atoms with Gasteiger partial charge in [-0.05, 0) is 38.1 Å². The van der Waals surface area contributed by atoms with Crippen LogP contribution in [0, 0.1) is 0 Å². The van der Waals surface area contributed by atoms with E-state index >= 15 is 0 Å². The van der Waals surface area contributed by atoms with Gasteiger partial charge in [-0.25, -0.2) is 4.98 Å². The van der Waals surface area contributed by atoms with E-state index in [0.717, 1.165) is 16.2 Å². The van der Waals surface area contributed by atoms with Crippen LogP contribution in [0.5, 0.6) is 11.5 Å². The van der Waals surface area contributed by atoms with Gasteiger partial charge in [0.25, 0.3) is 0 Å². The maximum absolute atomic E-state index is 12.5. The molecule has 7 heteroatoms. The largest absolute Gasteiger partial charge is 0.490 e. The predicted octanol–water partition coefficient (Wildman–Crippen LogP) is 4.75. The number of para-hydroxylation sites is 2. The smallest absolute Gasteiger partial charge is 0.234 e. The third kappa shape index (κ3) is 5.12. The summed E-state index contributed by atoms with van der Waals surface area (Å²) in [5, 5.41) is 3.71. The first-order chi connectivity index (χ1) is 14.2. The lowest BCUT2D eigenvalue weighted by Gasteiger charge is -2.13. The van der Waals surface area contributed by atoms with Crippen LogP contribution in [-0.4, -0.2) is 34.4 Å². The molecule has 3 rings (SSSR count). The van der Waals surface area contributed by atoms with Gasteiger partial charge in [-0.2, -0.15) is 0 Å². The zero-order valence-corrected chi connectivity index (χ0v) is 17.5. The van der Waals surface area contributed by atoms with Crippen molar-refractivity contribution in [1.29, 1.82) is 0 Å². The maximum atomic E-state index is 12.5. The second-order valence-electron chi connectivity index (χ2n) is 6.15. The number of anilines is 1. The Labute approximate surface area is 174 Å². The number of carbonyl (C=O) groups is 1. The van der Waals surface area contributed by atoms with Crippen molar-refractivity contribution in [2.45, 2.75) is 25.5 Å². The summed E-state index contributed by atoms with van der Waals surface area (Å²) in [5.74, 6) is 1.42. The van der Waals surface area contributed by atoms with Crippen molar-refractivity contribution >= 4 is 34.4 Å². The number of imidazole rings is 1. The number of nitrogens with zero attached hydrogens (tertiary/aromatic N) is 2. The van der Waals surface area contributed by atoms with E-state index in [9.17, 15) is 4.79 Å². The second kappa shape index (κ2) is 10.0. The summed E-state index contributed by atoms with van der Waals surface area (Å²) in [5.41, 5.74) is 2.61. The Hall–Kier alpha value is -2.93. The Bertz CT molecular complexity index is 1000. The number of allylic oxidation sites excluding steroid dienone is 1. The Balaban J connectivity index is 1.69. The molecule has 0 atom stereocenters. The van der Waals surface area contributed by atoms with E-state index in [1.165, 1.54) is 11.8 Å². The molecule has 3 aromatic rings. The van der Waals surface area contributed by atoms with Gasteiger partial charge in [0.05, 0.1) is 30.0 Å². The zero-order valence-electron chi connectivity index (χ0n) is 16.7. The highest BCUT2D eigenvalue weighted by atomic mass is 32.2. The molecule has 0 bridgehead atoms. The number of thioether (sulfide) groups is 1. The first kappa shape index (κ1) is 20.8. The van der Waals surface area contributed by atoms with Crippen LogP contribution < -0.4 is 14.8 Å². The van der Waals surface area contributed by atoms with Gasteiger partial charge in [-0.1, -0.05) is 30.0 Å². The van der Waals surface area contributed by atoms with Gasteiger partial charge < -0.3 is 19.4 Å². The van der Waals surface area contributed by atoms with Crippen molar-refractivity contribution in [2.24, 2.45) is 0 Å². The van der Waals surface area contributed by atoms with Crippen LogP contribution in [-0.2, 0) is 11.3 Å². The molecule has 0 aliphatic carbocycles. The molecular weight excluding hydrogens is 386 g/mol. The number of amides is 1. The van der Waals surface area contributed by atoms with Crippen molar-refractivity contribution in [2.75, 3.05) is 24.3 Å². The van der Waals surface area contributed by atoms with Gasteiger partial charge in [0.15, 0.2) is 16.7 Å². The monoisotopic (exact) mass is 411 g/mol. The molecule has 29 heavy (non-hydrogen) atoms. The van der Waals surface area contributed by atoms with Gasteiger partial charge in [-0.15, -0.1) is 6.58 Å². The Morgan fingerprint density at radius 3 is 2.69 bits per heavy atom. The Morgan fingerprint density at radius 1 is 1.17 bits per heavy atom. The van der Waals surface area contributed by atoms with E-state index in [-0.39, 0.29) is 11.7 Å². The van der Waals surface area contributed by atoms with Crippen molar-refractivity contribution in [3.05, 3.63) is 55.1 Å². The van der Waals surface area contributed by atoms with E-state index < -0.39 is 0 Å². The molecule has 0 spiro atoms. The summed E-state index contributed by atoms with van der Waals surface area (Å²) < 4.78 is 13.2. The zero-order chi connectivity index (χ0) is 20.6. The summed E-state index contributed by atoms with van der Waals surface area (Å²) in [6.45, 7) is 9.36. The lowest BCUT2D eigenvalue weighted by Crippen LogP contribution is -2.14. The molecule has 0 aliphatic heterocycles. The van der Waals surface area contributed by atoms with Crippen molar-refractivity contribution in [1.82, 2.24) is 9.55 Å². The van der Waals surface area contributed by atoms with Gasteiger partial charge in [0.2, 0.25) is 5.91 Å². The quantitative estimate of drug-likeness (QED) is 0.385. The molecule has 0 saturated carbocycles. The minimum Gasteiger partial charge on any atom is -0.490 e. The molecular formula is C22H25N3O3S. The highest BCUT2D eigenvalue weighted by molar-refractivity contribution is 7.99. The molecule has 6 nitrogen and oxygen atoms in total. The minimum atomic E-state index is -0.112. The van der Waals surface area contributed by atoms with E-state index in [4.69, 9.17) is 9.47 Å². The Morgan fingerprint density at radius 2 is 1.93 bits per heavy atom. The van der Waals surface area contributed by atoms with E-state index in [1.54, 1.807) is 12.1 Å². The summed E-state index contributed by atoms with van der Waals surface area (Å²) in [6, 6.07) is 13.3. The fourth-order valence-electron chi connectivity index (χ4n) is 2.93. The highest BCUT2D eigenvalue weighted by Gasteiger charge is 2.13. The van der Waals surface area contributed by atoms with E-state index in [0.29, 0.717) is 36.9 Å². The van der Waals surface area contributed by atoms with Gasteiger partial charge in [-0.3, -0.25) is 4.79 Å². The number of fused-ring (bicyclic) bond motifs is 1. The molecule has 0 saturated heterocycles. The van der Waals surface area contributed by atoms with Crippen LogP contribution in [0.3, 0.4) is 0 Å². The van der Waals surface area contributed by atoms with Crippen LogP contribution in [0.4, 0.5) is 5.69 Å². The van der Waals surface area contributed by atoms with Crippen molar-refractivity contribution in [3.8, 4) is 11.5 Å². The second-order valence-corrected chi connectivity index (χ2v) is 7.09. The van der Waals surface area contributed by atoms with Gasteiger partial charge in [0.1, 0.15) is 0 Å². The summed E-state index contributed by atoms with van der Waals surface area (Å²) in [4.78, 5) is 17.1. The number of ether oxygens (including phenoxy) is 2.